The summed E-state index contributed by atoms with van der Waals surface area (Å²) in [5, 5.41) is 21.9. The molecule has 4 rings (SSSR count). The molecule has 1 aromatic heterocycles. The van der Waals surface area contributed by atoms with Crippen molar-refractivity contribution >= 4 is 45.5 Å². The van der Waals surface area contributed by atoms with Crippen LogP contribution in [0.25, 0.3) is 17.4 Å². The summed E-state index contributed by atoms with van der Waals surface area (Å²) < 4.78 is 49.6. The number of benzene rings is 1. The van der Waals surface area contributed by atoms with Gasteiger partial charge >= 0.3 is 6.18 Å². The fourth-order valence-electron chi connectivity index (χ4n) is 2.95. The third-order valence-corrected chi connectivity index (χ3v) is 5.31. The number of nitro groups is 1. The molecular weight excluding hydrogens is 467 g/mol. The number of amides is 1. The maximum atomic E-state index is 12.9. The van der Waals surface area contributed by atoms with E-state index < -0.39 is 27.9 Å². The summed E-state index contributed by atoms with van der Waals surface area (Å²) in [5.74, 6) is -1.11. The lowest BCUT2D eigenvalue weighted by molar-refractivity contribution is -0.384. The van der Waals surface area contributed by atoms with Crippen molar-refractivity contribution in [2.45, 2.75) is 13.1 Å². The van der Waals surface area contributed by atoms with E-state index in [1.807, 2.05) is 0 Å². The van der Waals surface area contributed by atoms with E-state index in [0.29, 0.717) is 17.4 Å². The van der Waals surface area contributed by atoms with Gasteiger partial charge in [0.05, 0.1) is 28.7 Å². The monoisotopic (exact) mass is 479 g/mol. The van der Waals surface area contributed by atoms with Crippen LogP contribution in [0.2, 0.25) is 0 Å². The van der Waals surface area contributed by atoms with E-state index in [2.05, 4.69) is 10.1 Å². The first-order chi connectivity index (χ1) is 15.6. The van der Waals surface area contributed by atoms with E-state index in [9.17, 15) is 28.1 Å². The van der Waals surface area contributed by atoms with E-state index in [1.54, 1.807) is 6.92 Å². The van der Waals surface area contributed by atoms with Gasteiger partial charge in [-0.25, -0.2) is 0 Å². The zero-order valence-electron chi connectivity index (χ0n) is 16.5. The number of ether oxygens (including phenoxy) is 1. The van der Waals surface area contributed by atoms with Crippen LogP contribution in [-0.4, -0.2) is 44.7 Å². The first kappa shape index (κ1) is 22.3. The average Bonchev–Trinajstić information content (AvgIpc) is 3.38. The highest BCUT2D eigenvalue weighted by atomic mass is 32.2. The summed E-state index contributed by atoms with van der Waals surface area (Å²) in [6.07, 6.45) is -3.64. The van der Waals surface area contributed by atoms with Crippen LogP contribution >= 0.6 is 11.8 Å². The van der Waals surface area contributed by atoms with Crippen LogP contribution in [0.5, 0.6) is 5.75 Å². The van der Waals surface area contributed by atoms with Crippen molar-refractivity contribution in [3.63, 3.8) is 0 Å². The molecule has 14 heteroatoms. The fourth-order valence-corrected chi connectivity index (χ4v) is 3.71. The van der Waals surface area contributed by atoms with Crippen LogP contribution in [0.4, 0.5) is 18.9 Å². The quantitative estimate of drug-likeness (QED) is 0.381. The first-order valence-electron chi connectivity index (χ1n) is 9.17. The van der Waals surface area contributed by atoms with Gasteiger partial charge in [0.1, 0.15) is 17.3 Å². The first-order valence-corrected chi connectivity index (χ1v) is 9.99. The number of carbonyl (C=O) groups is 1. The number of thioether (sulfide) groups is 1. The average molecular weight is 479 g/mol. The normalized spacial score (nSPS) is 17.2. The number of amidine groups is 2. The van der Waals surface area contributed by atoms with E-state index >= 15 is 0 Å². The Balaban J connectivity index is 1.66. The number of fused-ring (bicyclic) bond motifs is 1. The van der Waals surface area contributed by atoms with Crippen LogP contribution in [0.3, 0.4) is 0 Å². The largest absolute Gasteiger partial charge is 0.494 e. The number of nitro benzene ring substituents is 1. The Morgan fingerprint density at radius 2 is 2.09 bits per heavy atom. The van der Waals surface area contributed by atoms with Gasteiger partial charge in [0, 0.05) is 0 Å². The molecule has 0 aliphatic carbocycles. The SMILES string of the molecule is CCOc1ccc(-c2ccc(/C=C3/C(=N)N4N=C(C(F)(F)F)SC4=NC3=O)o2)c([N+](=O)[O-])c1. The molecule has 1 N–H and O–H groups in total. The van der Waals surface area contributed by atoms with Crippen LogP contribution in [0.15, 0.2) is 50.4 Å². The summed E-state index contributed by atoms with van der Waals surface area (Å²) in [7, 11) is 0. The van der Waals surface area contributed by atoms with Crippen molar-refractivity contribution in [3.8, 4) is 17.1 Å². The Morgan fingerprint density at radius 3 is 2.76 bits per heavy atom. The number of rotatable bonds is 5. The number of nitrogens with zero attached hydrogens (tertiary/aromatic N) is 4. The summed E-state index contributed by atoms with van der Waals surface area (Å²) in [6, 6.07) is 7.04. The molecule has 2 aliphatic rings. The third kappa shape index (κ3) is 4.24. The maximum absolute atomic E-state index is 12.9. The standard InChI is InChI=1S/C19H12F3N5O5S/c1-2-31-9-3-5-11(13(8-9)27(29)30)14-6-4-10(32-14)7-12-15(23)26-18(24-16(12)28)33-17(25-26)19(20,21)22/h3-8,23H,2H2,1H3/b12-7-,23-15?. The number of hydrogen-bond acceptors (Lipinski definition) is 8. The molecule has 0 radical (unpaired) electrons. The molecule has 10 nitrogen and oxygen atoms in total. The number of alkyl halides is 3. The number of hydrogen-bond donors (Lipinski definition) is 1. The Kier molecular flexibility index (Phi) is 5.53. The highest BCUT2D eigenvalue weighted by molar-refractivity contribution is 8.27. The predicted octanol–water partition coefficient (Wildman–Crippen LogP) is 4.43. The number of hydrazone groups is 1. The number of nitrogens with one attached hydrogen (secondary N) is 1. The molecular formula is C19H12F3N5O5S. The van der Waals surface area contributed by atoms with Crippen molar-refractivity contribution in [2.75, 3.05) is 6.61 Å². The highest BCUT2D eigenvalue weighted by Gasteiger charge is 2.46. The Labute approximate surface area is 187 Å². The minimum absolute atomic E-state index is 0.0341. The predicted molar refractivity (Wildman–Crippen MR) is 113 cm³/mol. The summed E-state index contributed by atoms with van der Waals surface area (Å²) in [5.41, 5.74) is -0.476. The molecule has 0 atom stereocenters. The van der Waals surface area contributed by atoms with Crippen molar-refractivity contribution in [3.05, 3.63) is 51.8 Å². The summed E-state index contributed by atoms with van der Waals surface area (Å²) in [6.45, 7) is 2.06. The van der Waals surface area contributed by atoms with Crippen molar-refractivity contribution in [1.82, 2.24) is 5.01 Å². The topological polar surface area (TPSA) is 134 Å². The molecule has 3 heterocycles. The van der Waals surface area contributed by atoms with Gasteiger partial charge in [0.15, 0.2) is 5.84 Å². The molecule has 0 saturated heterocycles. The number of aliphatic imine (C=N–C) groups is 1. The van der Waals surface area contributed by atoms with Gasteiger partial charge in [0.25, 0.3) is 11.6 Å². The molecule has 0 spiro atoms. The molecule has 0 fully saturated rings. The minimum atomic E-state index is -4.75. The smallest absolute Gasteiger partial charge is 0.441 e. The van der Waals surface area contributed by atoms with Gasteiger partial charge in [-0.15, -0.1) is 0 Å². The molecule has 2 aromatic rings. The molecule has 0 bridgehead atoms. The van der Waals surface area contributed by atoms with Gasteiger partial charge in [-0.3, -0.25) is 20.3 Å². The lowest BCUT2D eigenvalue weighted by Crippen LogP contribution is -2.35. The molecule has 170 valence electrons. The second-order valence-corrected chi connectivity index (χ2v) is 7.45. The van der Waals surface area contributed by atoms with Crippen LogP contribution in [-0.2, 0) is 4.79 Å². The number of halogens is 3. The number of furan rings is 1. The van der Waals surface area contributed by atoms with Gasteiger partial charge in [0.2, 0.25) is 10.2 Å². The molecule has 1 aromatic carbocycles. The van der Waals surface area contributed by atoms with Gasteiger partial charge < -0.3 is 9.15 Å². The Morgan fingerprint density at radius 1 is 1.33 bits per heavy atom. The van der Waals surface area contributed by atoms with Gasteiger partial charge in [-0.2, -0.15) is 28.3 Å². The molecule has 0 saturated carbocycles. The van der Waals surface area contributed by atoms with Crippen molar-refractivity contribution < 1.29 is 32.0 Å². The molecule has 33 heavy (non-hydrogen) atoms. The molecule has 1 amide bonds. The number of carbonyl (C=O) groups excluding carboxylic acids is 1. The third-order valence-electron chi connectivity index (χ3n) is 4.35. The second-order valence-electron chi connectivity index (χ2n) is 6.49. The highest BCUT2D eigenvalue weighted by Crippen LogP contribution is 2.37. The zero-order valence-corrected chi connectivity index (χ0v) is 17.4. The lowest BCUT2D eigenvalue weighted by Gasteiger charge is -2.19. The van der Waals surface area contributed by atoms with Crippen molar-refractivity contribution in [2.24, 2.45) is 10.1 Å². The van der Waals surface area contributed by atoms with E-state index in [4.69, 9.17) is 14.6 Å². The van der Waals surface area contributed by atoms with Crippen LogP contribution < -0.4 is 4.74 Å². The zero-order chi connectivity index (χ0) is 23.9. The van der Waals surface area contributed by atoms with Gasteiger partial charge in [-0.05, 0) is 49.0 Å². The Hall–Kier alpha value is -3.94. The van der Waals surface area contributed by atoms with Crippen LogP contribution in [0, 0.1) is 15.5 Å². The van der Waals surface area contributed by atoms with Crippen molar-refractivity contribution in [1.29, 1.82) is 5.41 Å². The summed E-state index contributed by atoms with van der Waals surface area (Å²) >= 11 is 0.142. The van der Waals surface area contributed by atoms with Gasteiger partial charge in [-0.1, -0.05) is 0 Å². The van der Waals surface area contributed by atoms with E-state index in [-0.39, 0.29) is 45.3 Å². The fraction of sp³-hybridized carbons (Fsp3) is 0.158. The Bertz CT molecular complexity index is 1280. The van der Waals surface area contributed by atoms with Crippen LogP contribution in [0.1, 0.15) is 12.7 Å². The molecule has 2 aliphatic heterocycles. The lowest BCUT2D eigenvalue weighted by atomic mass is 10.1. The minimum Gasteiger partial charge on any atom is -0.494 e. The summed E-state index contributed by atoms with van der Waals surface area (Å²) in [4.78, 5) is 26.7. The molecule has 0 unspecified atom stereocenters. The van der Waals surface area contributed by atoms with E-state index in [0.717, 1.165) is 6.08 Å². The maximum Gasteiger partial charge on any atom is 0.441 e. The second kappa shape index (κ2) is 8.20. The van der Waals surface area contributed by atoms with E-state index in [1.165, 1.54) is 30.3 Å².